The van der Waals surface area contributed by atoms with Crippen LogP contribution in [0.3, 0.4) is 0 Å². The van der Waals surface area contributed by atoms with E-state index in [1.54, 1.807) is 6.08 Å². The molecular weight excluding hydrogens is 218 g/mol. The van der Waals surface area contributed by atoms with E-state index in [-0.39, 0.29) is 17.0 Å². The molecule has 0 aliphatic carbocycles. The van der Waals surface area contributed by atoms with E-state index in [0.29, 0.717) is 0 Å². The predicted molar refractivity (Wildman–Crippen MR) is 62.9 cm³/mol. The van der Waals surface area contributed by atoms with Crippen molar-refractivity contribution in [2.24, 2.45) is 0 Å². The predicted octanol–water partition coefficient (Wildman–Crippen LogP) is 1.56. The molecule has 0 radical (unpaired) electrons. The van der Waals surface area contributed by atoms with Crippen LogP contribution >= 0.6 is 0 Å². The molecule has 17 heavy (non-hydrogen) atoms. The first kappa shape index (κ1) is 11.1. The summed E-state index contributed by atoms with van der Waals surface area (Å²) in [6.45, 7) is 1.25. The molecule has 0 fully saturated rings. The van der Waals surface area contributed by atoms with Crippen LogP contribution in [0.25, 0.3) is 6.08 Å². The van der Waals surface area contributed by atoms with Gasteiger partial charge in [0.1, 0.15) is 5.57 Å². The number of Topliss-reactive ketones (excluding diaryl/α,β-unsaturated/α-hetero) is 1. The first-order valence-corrected chi connectivity index (χ1v) is 5.12. The molecule has 4 heteroatoms. The van der Waals surface area contributed by atoms with Gasteiger partial charge < -0.3 is 10.4 Å². The van der Waals surface area contributed by atoms with Gasteiger partial charge in [0.15, 0.2) is 11.5 Å². The lowest BCUT2D eigenvalue weighted by molar-refractivity contribution is -0.120. The number of carbonyl (C=O) groups is 2. The van der Waals surface area contributed by atoms with Crippen molar-refractivity contribution in [2.75, 3.05) is 0 Å². The van der Waals surface area contributed by atoms with Crippen molar-refractivity contribution in [3.05, 3.63) is 52.9 Å². The van der Waals surface area contributed by atoms with E-state index in [2.05, 4.69) is 5.32 Å². The molecular formula is C13H11NO3. The molecule has 0 saturated heterocycles. The number of aliphatic hydroxyl groups is 1. The van der Waals surface area contributed by atoms with Crippen LogP contribution in [-0.2, 0) is 9.59 Å². The molecule has 0 bridgehead atoms. The summed E-state index contributed by atoms with van der Waals surface area (Å²) in [4.78, 5) is 22.6. The minimum Gasteiger partial charge on any atom is -0.505 e. The Morgan fingerprint density at radius 1 is 1.29 bits per heavy atom. The van der Waals surface area contributed by atoms with Crippen molar-refractivity contribution in [3.8, 4) is 0 Å². The summed E-state index contributed by atoms with van der Waals surface area (Å²) in [6, 6.07) is 9.22. The minimum atomic E-state index is -0.558. The summed E-state index contributed by atoms with van der Waals surface area (Å²) in [6.07, 6.45) is 1.61. The molecule has 86 valence electrons. The van der Waals surface area contributed by atoms with Crippen LogP contribution in [0.1, 0.15) is 12.5 Å². The SMILES string of the molecule is CC(=O)C1=C(O)/C(=C/c2ccccc2)NC1=O. The van der Waals surface area contributed by atoms with Crippen molar-refractivity contribution in [2.45, 2.75) is 6.92 Å². The summed E-state index contributed by atoms with van der Waals surface area (Å²) in [5, 5.41) is 12.2. The molecule has 0 aromatic heterocycles. The zero-order chi connectivity index (χ0) is 12.4. The highest BCUT2D eigenvalue weighted by atomic mass is 16.3. The normalized spacial score (nSPS) is 17.5. The zero-order valence-electron chi connectivity index (χ0n) is 9.23. The standard InChI is InChI=1S/C13H11NO3/c1-8(15)11-12(16)10(14-13(11)17)7-9-5-3-2-4-6-9/h2-7,16H,1H3,(H,14,17)/b10-7-. The fourth-order valence-electron chi connectivity index (χ4n) is 1.63. The van der Waals surface area contributed by atoms with Crippen molar-refractivity contribution < 1.29 is 14.7 Å². The topological polar surface area (TPSA) is 66.4 Å². The van der Waals surface area contributed by atoms with Gasteiger partial charge in [0.2, 0.25) is 0 Å². The summed E-state index contributed by atoms with van der Waals surface area (Å²) < 4.78 is 0. The lowest BCUT2D eigenvalue weighted by Crippen LogP contribution is -2.18. The third kappa shape index (κ3) is 2.10. The van der Waals surface area contributed by atoms with Crippen molar-refractivity contribution in [1.82, 2.24) is 5.32 Å². The van der Waals surface area contributed by atoms with Gasteiger partial charge in [-0.05, 0) is 18.6 Å². The summed E-state index contributed by atoms with van der Waals surface area (Å²) in [7, 11) is 0. The van der Waals surface area contributed by atoms with Gasteiger partial charge >= 0.3 is 0 Å². The molecule has 1 heterocycles. The Morgan fingerprint density at radius 2 is 1.94 bits per heavy atom. The van der Waals surface area contributed by atoms with E-state index in [4.69, 9.17) is 0 Å². The van der Waals surface area contributed by atoms with E-state index in [1.807, 2.05) is 30.3 Å². The number of aliphatic hydroxyl groups excluding tert-OH is 1. The number of benzene rings is 1. The fourth-order valence-corrected chi connectivity index (χ4v) is 1.63. The Morgan fingerprint density at radius 3 is 2.47 bits per heavy atom. The Kier molecular flexibility index (Phi) is 2.78. The summed E-state index contributed by atoms with van der Waals surface area (Å²) in [5.41, 5.74) is 0.901. The number of ketones is 1. The van der Waals surface area contributed by atoms with Crippen LogP contribution in [0.15, 0.2) is 47.4 Å². The van der Waals surface area contributed by atoms with Crippen LogP contribution in [0, 0.1) is 0 Å². The molecule has 1 aliphatic heterocycles. The highest BCUT2D eigenvalue weighted by molar-refractivity contribution is 6.22. The highest BCUT2D eigenvalue weighted by Gasteiger charge is 2.29. The van der Waals surface area contributed by atoms with Crippen LogP contribution in [0.4, 0.5) is 0 Å². The maximum Gasteiger partial charge on any atom is 0.263 e. The average molecular weight is 229 g/mol. The average Bonchev–Trinajstić information content (AvgIpc) is 2.55. The lowest BCUT2D eigenvalue weighted by Gasteiger charge is -1.99. The van der Waals surface area contributed by atoms with Crippen LogP contribution < -0.4 is 5.32 Å². The molecule has 1 aromatic rings. The third-order valence-electron chi connectivity index (χ3n) is 2.43. The van der Waals surface area contributed by atoms with Gasteiger partial charge in [-0.1, -0.05) is 30.3 Å². The maximum atomic E-state index is 11.4. The summed E-state index contributed by atoms with van der Waals surface area (Å²) >= 11 is 0. The van der Waals surface area contributed by atoms with Crippen LogP contribution in [0.5, 0.6) is 0 Å². The summed E-state index contributed by atoms with van der Waals surface area (Å²) in [5.74, 6) is -1.29. The highest BCUT2D eigenvalue weighted by Crippen LogP contribution is 2.21. The zero-order valence-corrected chi connectivity index (χ0v) is 9.23. The number of hydrogen-bond acceptors (Lipinski definition) is 3. The third-order valence-corrected chi connectivity index (χ3v) is 2.43. The van der Waals surface area contributed by atoms with Crippen molar-refractivity contribution in [3.63, 3.8) is 0 Å². The largest absolute Gasteiger partial charge is 0.505 e. The first-order valence-electron chi connectivity index (χ1n) is 5.12. The van der Waals surface area contributed by atoms with Gasteiger partial charge in [-0.2, -0.15) is 0 Å². The van der Waals surface area contributed by atoms with E-state index < -0.39 is 11.7 Å². The number of nitrogens with one attached hydrogen (secondary N) is 1. The minimum absolute atomic E-state index is 0.188. The van der Waals surface area contributed by atoms with E-state index in [0.717, 1.165) is 5.56 Å². The molecule has 0 saturated carbocycles. The van der Waals surface area contributed by atoms with Crippen LogP contribution in [-0.4, -0.2) is 16.8 Å². The Hall–Kier alpha value is -2.36. The van der Waals surface area contributed by atoms with Gasteiger partial charge in [-0.25, -0.2) is 0 Å². The molecule has 2 N–H and O–H groups in total. The van der Waals surface area contributed by atoms with Crippen LogP contribution in [0.2, 0.25) is 0 Å². The monoisotopic (exact) mass is 229 g/mol. The first-order chi connectivity index (χ1) is 8.09. The Bertz CT molecular complexity index is 541. The van der Waals surface area contributed by atoms with Gasteiger partial charge in [-0.15, -0.1) is 0 Å². The van der Waals surface area contributed by atoms with Gasteiger partial charge in [0, 0.05) is 0 Å². The number of hydrogen-bond donors (Lipinski definition) is 2. The van der Waals surface area contributed by atoms with Gasteiger partial charge in [0.25, 0.3) is 5.91 Å². The number of carbonyl (C=O) groups excluding carboxylic acids is 2. The molecule has 2 rings (SSSR count). The smallest absolute Gasteiger partial charge is 0.263 e. The maximum absolute atomic E-state index is 11.4. The number of amides is 1. The molecule has 0 unspecified atom stereocenters. The quantitative estimate of drug-likeness (QED) is 0.756. The second-order valence-corrected chi connectivity index (χ2v) is 3.70. The van der Waals surface area contributed by atoms with Crippen molar-refractivity contribution >= 4 is 17.8 Å². The van der Waals surface area contributed by atoms with Gasteiger partial charge in [-0.3, -0.25) is 9.59 Å². The second kappa shape index (κ2) is 4.25. The fraction of sp³-hybridized carbons (Fsp3) is 0.0769. The lowest BCUT2D eigenvalue weighted by atomic mass is 10.1. The second-order valence-electron chi connectivity index (χ2n) is 3.70. The Labute approximate surface area is 98.3 Å². The van der Waals surface area contributed by atoms with E-state index in [9.17, 15) is 14.7 Å². The van der Waals surface area contributed by atoms with Gasteiger partial charge in [0.05, 0.1) is 5.70 Å². The Balaban J connectivity index is 2.41. The molecule has 0 atom stereocenters. The molecule has 1 amide bonds. The molecule has 1 aliphatic rings. The molecule has 4 nitrogen and oxygen atoms in total. The number of rotatable bonds is 2. The van der Waals surface area contributed by atoms with Crippen molar-refractivity contribution in [1.29, 1.82) is 0 Å². The van der Waals surface area contributed by atoms with E-state index >= 15 is 0 Å². The van der Waals surface area contributed by atoms with E-state index in [1.165, 1.54) is 6.92 Å². The molecule has 0 spiro atoms. The molecule has 1 aromatic carbocycles.